The van der Waals surface area contributed by atoms with E-state index in [2.05, 4.69) is 35.2 Å². The normalized spacial score (nSPS) is 20.4. The van der Waals surface area contributed by atoms with Gasteiger partial charge in [-0.25, -0.2) is 4.98 Å². The minimum absolute atomic E-state index is 0.165. The molecule has 9 heteroatoms. The van der Waals surface area contributed by atoms with Gasteiger partial charge in [0.2, 0.25) is 0 Å². The van der Waals surface area contributed by atoms with Gasteiger partial charge in [0.15, 0.2) is 5.82 Å². The maximum absolute atomic E-state index is 12.8. The number of aliphatic hydroxyl groups is 1. The van der Waals surface area contributed by atoms with Crippen LogP contribution in [0.2, 0.25) is 0 Å². The van der Waals surface area contributed by atoms with Crippen LogP contribution in [0.15, 0.2) is 30.5 Å². The molecule has 1 fully saturated rings. The molecule has 0 bridgehead atoms. The highest BCUT2D eigenvalue weighted by atomic mass is 19.4. The van der Waals surface area contributed by atoms with Crippen LogP contribution in [0.4, 0.5) is 18.9 Å². The molecule has 1 aromatic heterocycles. The van der Waals surface area contributed by atoms with E-state index < -0.39 is 18.3 Å². The largest absolute Gasteiger partial charge is 0.401 e. The summed E-state index contributed by atoms with van der Waals surface area (Å²) in [5.74, 6) is -0.144. The van der Waals surface area contributed by atoms with Crippen molar-refractivity contribution in [3.63, 3.8) is 0 Å². The van der Waals surface area contributed by atoms with Crippen LogP contribution < -0.4 is 5.32 Å². The van der Waals surface area contributed by atoms with Crippen molar-refractivity contribution < 1.29 is 23.1 Å². The first kappa shape index (κ1) is 25.4. The predicted molar refractivity (Wildman–Crippen MR) is 129 cm³/mol. The summed E-state index contributed by atoms with van der Waals surface area (Å²) in [7, 11) is 0. The van der Waals surface area contributed by atoms with Crippen molar-refractivity contribution in [1.82, 2.24) is 14.9 Å². The van der Waals surface area contributed by atoms with Gasteiger partial charge in [0.1, 0.15) is 0 Å². The van der Waals surface area contributed by atoms with E-state index in [9.17, 15) is 23.1 Å². The number of aromatic nitrogens is 2. The quantitative estimate of drug-likeness (QED) is 0.524. The fourth-order valence-corrected chi connectivity index (χ4v) is 4.86. The van der Waals surface area contributed by atoms with Crippen LogP contribution in [0.3, 0.4) is 0 Å². The molecule has 4 rings (SSSR count). The van der Waals surface area contributed by atoms with E-state index in [0.717, 1.165) is 30.4 Å². The van der Waals surface area contributed by atoms with Crippen molar-refractivity contribution in [2.45, 2.75) is 64.7 Å². The molecule has 1 amide bonds. The second-order valence-corrected chi connectivity index (χ2v) is 10.6. The van der Waals surface area contributed by atoms with E-state index in [1.54, 1.807) is 25.3 Å². The highest BCUT2D eigenvalue weighted by molar-refractivity contribution is 6.03. The fraction of sp³-hybridized carbons (Fsp3) is 0.538. The van der Waals surface area contributed by atoms with Gasteiger partial charge in [0, 0.05) is 30.5 Å². The number of carbonyl (C=O) groups excluding carboxylic acids is 1. The van der Waals surface area contributed by atoms with Crippen LogP contribution in [-0.2, 0) is 5.60 Å². The number of benzene rings is 1. The van der Waals surface area contributed by atoms with E-state index >= 15 is 0 Å². The van der Waals surface area contributed by atoms with E-state index in [0.29, 0.717) is 16.9 Å². The third-order valence-electron chi connectivity index (χ3n) is 7.13. The Morgan fingerprint density at radius 1 is 1.23 bits per heavy atom. The van der Waals surface area contributed by atoms with Gasteiger partial charge in [0.25, 0.3) is 5.91 Å². The predicted octanol–water partition coefficient (Wildman–Crippen LogP) is 5.41. The summed E-state index contributed by atoms with van der Waals surface area (Å²) in [6.07, 6.45) is 2.74. The Hall–Kier alpha value is -2.65. The Bertz CT molecular complexity index is 1110. The lowest BCUT2D eigenvalue weighted by Gasteiger charge is -2.39. The zero-order valence-electron chi connectivity index (χ0n) is 20.4. The number of likely N-dealkylation sites (tertiary alicyclic amines) is 1. The van der Waals surface area contributed by atoms with Crippen molar-refractivity contribution >= 4 is 17.2 Å². The van der Waals surface area contributed by atoms with E-state index in [1.165, 1.54) is 4.90 Å². The molecule has 1 saturated heterocycles. The summed E-state index contributed by atoms with van der Waals surface area (Å²) in [4.78, 5) is 21.2. The number of carbonyl (C=O) groups is 1. The summed E-state index contributed by atoms with van der Waals surface area (Å²) in [6, 6.07) is 5.44. The van der Waals surface area contributed by atoms with Crippen LogP contribution in [0.25, 0.3) is 5.57 Å². The minimum Gasteiger partial charge on any atom is -0.385 e. The smallest absolute Gasteiger partial charge is 0.385 e. The summed E-state index contributed by atoms with van der Waals surface area (Å²) in [5.41, 5.74) is 2.90. The molecule has 2 heterocycles. The number of imidazole rings is 1. The zero-order chi connectivity index (χ0) is 25.4. The fourth-order valence-electron chi connectivity index (χ4n) is 4.86. The minimum atomic E-state index is -4.25. The number of rotatable bonds is 5. The molecule has 2 aliphatic rings. The number of nitrogens with zero attached hydrogens (tertiary/aromatic N) is 2. The molecule has 0 unspecified atom stereocenters. The number of aromatic amines is 1. The first-order valence-corrected chi connectivity index (χ1v) is 12.0. The van der Waals surface area contributed by atoms with Crippen LogP contribution >= 0.6 is 0 Å². The molecular formula is C26H33F3N4O2. The third-order valence-corrected chi connectivity index (χ3v) is 7.13. The Kier molecular flexibility index (Phi) is 6.85. The van der Waals surface area contributed by atoms with Crippen LogP contribution in [-0.4, -0.2) is 51.7 Å². The van der Waals surface area contributed by atoms with Gasteiger partial charge in [-0.05, 0) is 67.7 Å². The van der Waals surface area contributed by atoms with E-state index in [-0.39, 0.29) is 43.1 Å². The number of alkyl halides is 3. The van der Waals surface area contributed by atoms with Crippen molar-refractivity contribution in [2.75, 3.05) is 25.0 Å². The molecule has 190 valence electrons. The molecular weight excluding hydrogens is 457 g/mol. The number of aryl methyl sites for hydroxylation is 1. The lowest BCUT2D eigenvalue weighted by atomic mass is 9.76. The van der Waals surface area contributed by atoms with Gasteiger partial charge in [-0.3, -0.25) is 9.69 Å². The Morgan fingerprint density at radius 3 is 2.51 bits per heavy atom. The SMILES string of the molecule is Cc1c[nH]c(C(=O)Nc2ccc(C3(O)CCN(CC(F)(F)F)CC3)cc2C2=CCC(C)(C)CC2)n1. The van der Waals surface area contributed by atoms with Crippen molar-refractivity contribution in [3.05, 3.63) is 53.1 Å². The molecule has 6 nitrogen and oxygen atoms in total. The van der Waals surface area contributed by atoms with Crippen molar-refractivity contribution in [2.24, 2.45) is 5.41 Å². The number of nitrogens with one attached hydrogen (secondary N) is 2. The van der Waals surface area contributed by atoms with Gasteiger partial charge in [-0.2, -0.15) is 13.2 Å². The van der Waals surface area contributed by atoms with Gasteiger partial charge < -0.3 is 15.4 Å². The van der Waals surface area contributed by atoms with Gasteiger partial charge in [0.05, 0.1) is 17.8 Å². The molecule has 1 aliphatic carbocycles. The number of hydrogen-bond acceptors (Lipinski definition) is 4. The Labute approximate surface area is 203 Å². The van der Waals surface area contributed by atoms with Crippen LogP contribution in [0.1, 0.15) is 73.4 Å². The second kappa shape index (κ2) is 9.43. The highest BCUT2D eigenvalue weighted by Gasteiger charge is 2.38. The standard InChI is InChI=1S/C26H33F3N4O2/c1-17-15-30-22(31-17)23(34)32-21-5-4-19(14-20(21)18-6-8-24(2,3)9-7-18)25(35)10-12-33(13-11-25)16-26(27,28)29/h4-6,14-15,35H,7-13,16H2,1-3H3,(H,30,31)(H,32,34). The highest BCUT2D eigenvalue weighted by Crippen LogP contribution is 2.42. The number of piperidine rings is 1. The Morgan fingerprint density at radius 2 is 1.94 bits per heavy atom. The molecule has 1 aliphatic heterocycles. The van der Waals surface area contributed by atoms with Crippen molar-refractivity contribution in [3.8, 4) is 0 Å². The molecule has 1 aromatic carbocycles. The second-order valence-electron chi connectivity index (χ2n) is 10.6. The van der Waals surface area contributed by atoms with Crippen LogP contribution in [0, 0.1) is 12.3 Å². The number of halogens is 3. The number of amides is 1. The lowest BCUT2D eigenvalue weighted by Crippen LogP contribution is -2.45. The summed E-state index contributed by atoms with van der Waals surface area (Å²) in [5, 5.41) is 14.3. The van der Waals surface area contributed by atoms with Crippen LogP contribution in [0.5, 0.6) is 0 Å². The topological polar surface area (TPSA) is 81.2 Å². The number of H-pyrrole nitrogens is 1. The molecule has 35 heavy (non-hydrogen) atoms. The molecule has 0 saturated carbocycles. The van der Waals surface area contributed by atoms with Gasteiger partial charge in [-0.1, -0.05) is 26.0 Å². The zero-order valence-corrected chi connectivity index (χ0v) is 20.4. The average molecular weight is 491 g/mol. The maximum atomic E-state index is 12.8. The molecule has 0 atom stereocenters. The average Bonchev–Trinajstić information content (AvgIpc) is 3.21. The Balaban J connectivity index is 1.61. The number of allylic oxidation sites excluding steroid dienone is 2. The van der Waals surface area contributed by atoms with Gasteiger partial charge >= 0.3 is 6.18 Å². The molecule has 0 spiro atoms. The molecule has 3 N–H and O–H groups in total. The third kappa shape index (κ3) is 6.13. The van der Waals surface area contributed by atoms with E-state index in [4.69, 9.17) is 0 Å². The first-order chi connectivity index (χ1) is 16.3. The van der Waals surface area contributed by atoms with Gasteiger partial charge in [-0.15, -0.1) is 0 Å². The molecule has 0 radical (unpaired) electrons. The summed E-state index contributed by atoms with van der Waals surface area (Å²) < 4.78 is 38.4. The van der Waals surface area contributed by atoms with E-state index in [1.807, 2.05) is 6.07 Å². The number of anilines is 1. The lowest BCUT2D eigenvalue weighted by molar-refractivity contribution is -0.154. The summed E-state index contributed by atoms with van der Waals surface area (Å²) >= 11 is 0. The first-order valence-electron chi connectivity index (χ1n) is 12.0. The van der Waals surface area contributed by atoms with Crippen molar-refractivity contribution in [1.29, 1.82) is 0 Å². The monoisotopic (exact) mass is 490 g/mol. The number of hydrogen-bond donors (Lipinski definition) is 3. The summed E-state index contributed by atoms with van der Waals surface area (Å²) in [6.45, 7) is 5.60. The maximum Gasteiger partial charge on any atom is 0.401 e. The molecule has 2 aromatic rings.